The molecular weight excluding hydrogens is 444 g/mol. The molecule has 0 radical (unpaired) electrons. The Labute approximate surface area is 201 Å². The number of aryl methyl sites for hydroxylation is 2. The van der Waals surface area contributed by atoms with Crippen molar-refractivity contribution in [1.29, 1.82) is 0 Å². The number of imidazole rings is 1. The van der Waals surface area contributed by atoms with Crippen LogP contribution in [0.3, 0.4) is 0 Å². The SMILES string of the molecule is COCC(=O)Nc1ccc2ncnc(Nc3ccc(Oc4ccc5c(c4)ncn5C)c(C)c3)c2c1. The van der Waals surface area contributed by atoms with Crippen LogP contribution in [0.25, 0.3) is 21.9 Å². The molecular formula is C26H24N6O3. The molecule has 2 N–H and O–H groups in total. The summed E-state index contributed by atoms with van der Waals surface area (Å²) < 4.78 is 13.0. The predicted octanol–water partition coefficient (Wildman–Crippen LogP) is 4.95. The number of ether oxygens (including phenoxy) is 2. The summed E-state index contributed by atoms with van der Waals surface area (Å²) in [6.07, 6.45) is 3.29. The number of fused-ring (bicyclic) bond motifs is 2. The van der Waals surface area contributed by atoms with Gasteiger partial charge in [0.2, 0.25) is 5.91 Å². The summed E-state index contributed by atoms with van der Waals surface area (Å²) >= 11 is 0. The Balaban J connectivity index is 1.37. The van der Waals surface area contributed by atoms with Crippen molar-refractivity contribution in [3.05, 3.63) is 72.8 Å². The largest absolute Gasteiger partial charge is 0.457 e. The van der Waals surface area contributed by atoms with Crippen LogP contribution in [0.15, 0.2) is 67.3 Å². The molecule has 0 fully saturated rings. The topological polar surface area (TPSA) is 103 Å². The van der Waals surface area contributed by atoms with Crippen molar-refractivity contribution in [1.82, 2.24) is 19.5 Å². The average molecular weight is 469 g/mol. The van der Waals surface area contributed by atoms with E-state index in [1.54, 1.807) is 12.4 Å². The second kappa shape index (κ2) is 9.40. The van der Waals surface area contributed by atoms with Gasteiger partial charge in [0.15, 0.2) is 0 Å². The number of rotatable bonds is 7. The quantitative estimate of drug-likeness (QED) is 0.348. The van der Waals surface area contributed by atoms with Crippen LogP contribution in [0.4, 0.5) is 17.2 Å². The number of carbonyl (C=O) groups excluding carboxylic acids is 1. The Bertz CT molecular complexity index is 1550. The van der Waals surface area contributed by atoms with Gasteiger partial charge in [-0.1, -0.05) is 0 Å². The third-order valence-corrected chi connectivity index (χ3v) is 5.56. The van der Waals surface area contributed by atoms with E-state index in [-0.39, 0.29) is 12.5 Å². The Morgan fingerprint density at radius 2 is 1.83 bits per heavy atom. The maximum Gasteiger partial charge on any atom is 0.250 e. The first-order valence-corrected chi connectivity index (χ1v) is 11.0. The molecule has 0 aliphatic rings. The van der Waals surface area contributed by atoms with E-state index in [1.165, 1.54) is 13.4 Å². The second-order valence-electron chi connectivity index (χ2n) is 8.15. The van der Waals surface area contributed by atoms with Gasteiger partial charge in [-0.05, 0) is 61.0 Å². The summed E-state index contributed by atoms with van der Waals surface area (Å²) in [5, 5.41) is 6.95. The zero-order valence-corrected chi connectivity index (χ0v) is 19.6. The first kappa shape index (κ1) is 22.3. The highest BCUT2D eigenvalue weighted by Gasteiger charge is 2.10. The zero-order chi connectivity index (χ0) is 24.4. The van der Waals surface area contributed by atoms with E-state index in [1.807, 2.05) is 67.1 Å². The molecule has 1 amide bonds. The lowest BCUT2D eigenvalue weighted by Gasteiger charge is -2.13. The number of amides is 1. The molecule has 5 rings (SSSR count). The molecule has 0 bridgehead atoms. The van der Waals surface area contributed by atoms with E-state index in [0.717, 1.165) is 44.7 Å². The molecule has 9 nitrogen and oxygen atoms in total. The molecule has 35 heavy (non-hydrogen) atoms. The van der Waals surface area contributed by atoms with Crippen LogP contribution in [0.1, 0.15) is 5.56 Å². The van der Waals surface area contributed by atoms with Gasteiger partial charge in [-0.25, -0.2) is 15.0 Å². The van der Waals surface area contributed by atoms with E-state index >= 15 is 0 Å². The maximum atomic E-state index is 11.9. The summed E-state index contributed by atoms with van der Waals surface area (Å²) in [7, 11) is 3.44. The van der Waals surface area contributed by atoms with E-state index < -0.39 is 0 Å². The highest BCUT2D eigenvalue weighted by molar-refractivity contribution is 5.97. The molecule has 0 aliphatic heterocycles. The van der Waals surface area contributed by atoms with Crippen molar-refractivity contribution in [2.45, 2.75) is 6.92 Å². The van der Waals surface area contributed by atoms with Crippen LogP contribution in [-0.4, -0.2) is 39.1 Å². The Hall–Kier alpha value is -4.50. The smallest absolute Gasteiger partial charge is 0.250 e. The van der Waals surface area contributed by atoms with Gasteiger partial charge in [-0.3, -0.25) is 4.79 Å². The van der Waals surface area contributed by atoms with E-state index in [0.29, 0.717) is 11.5 Å². The molecule has 0 saturated heterocycles. The minimum absolute atomic E-state index is 0.0160. The fourth-order valence-electron chi connectivity index (χ4n) is 3.85. The number of methoxy groups -OCH3 is 1. The van der Waals surface area contributed by atoms with Crippen molar-refractivity contribution in [3.63, 3.8) is 0 Å². The standard InChI is InChI=1S/C26H24N6O3/c1-16-10-17(5-9-24(16)35-19-6-8-23-22(12-19)29-15-32(23)2)31-26-20-11-18(30-25(33)13-34-3)4-7-21(20)27-14-28-26/h4-12,14-15H,13H2,1-3H3,(H,30,33)(H,27,28,31). The van der Waals surface area contributed by atoms with Gasteiger partial charge in [0.1, 0.15) is 30.3 Å². The first-order chi connectivity index (χ1) is 17.0. The normalized spacial score (nSPS) is 11.1. The van der Waals surface area contributed by atoms with E-state index in [2.05, 4.69) is 25.6 Å². The van der Waals surface area contributed by atoms with Crippen LogP contribution in [0, 0.1) is 6.92 Å². The van der Waals surface area contributed by atoms with E-state index in [9.17, 15) is 4.79 Å². The summed E-state index contributed by atoms with van der Waals surface area (Å²) in [4.78, 5) is 25.0. The zero-order valence-electron chi connectivity index (χ0n) is 19.6. The monoisotopic (exact) mass is 468 g/mol. The fourth-order valence-corrected chi connectivity index (χ4v) is 3.85. The van der Waals surface area contributed by atoms with Crippen molar-refractivity contribution in [2.24, 2.45) is 7.05 Å². The minimum Gasteiger partial charge on any atom is -0.457 e. The number of hydrogen-bond acceptors (Lipinski definition) is 7. The Morgan fingerprint density at radius 3 is 2.66 bits per heavy atom. The van der Waals surface area contributed by atoms with Crippen LogP contribution >= 0.6 is 0 Å². The summed E-state index contributed by atoms with van der Waals surface area (Å²) in [6, 6.07) is 17.2. The minimum atomic E-state index is -0.230. The highest BCUT2D eigenvalue weighted by atomic mass is 16.5. The first-order valence-electron chi connectivity index (χ1n) is 11.0. The van der Waals surface area contributed by atoms with Crippen LogP contribution in [-0.2, 0) is 16.6 Å². The van der Waals surface area contributed by atoms with Crippen molar-refractivity contribution in [2.75, 3.05) is 24.4 Å². The Morgan fingerprint density at radius 1 is 0.971 bits per heavy atom. The number of hydrogen-bond donors (Lipinski definition) is 2. The van der Waals surface area contributed by atoms with Gasteiger partial charge in [-0.15, -0.1) is 0 Å². The molecule has 0 unspecified atom stereocenters. The molecule has 0 aliphatic carbocycles. The molecule has 0 spiro atoms. The summed E-state index contributed by atoms with van der Waals surface area (Å²) in [5.74, 6) is 1.88. The lowest BCUT2D eigenvalue weighted by atomic mass is 10.1. The summed E-state index contributed by atoms with van der Waals surface area (Å²) in [6.45, 7) is 1.97. The van der Waals surface area contributed by atoms with Crippen LogP contribution < -0.4 is 15.4 Å². The van der Waals surface area contributed by atoms with Crippen LogP contribution in [0.2, 0.25) is 0 Å². The van der Waals surface area contributed by atoms with Crippen LogP contribution in [0.5, 0.6) is 11.5 Å². The third kappa shape index (κ3) is 4.75. The predicted molar refractivity (Wildman–Crippen MR) is 135 cm³/mol. The number of benzene rings is 3. The number of aromatic nitrogens is 4. The molecule has 0 atom stereocenters. The highest BCUT2D eigenvalue weighted by Crippen LogP contribution is 2.31. The average Bonchev–Trinajstić information content (AvgIpc) is 3.21. The van der Waals surface area contributed by atoms with E-state index in [4.69, 9.17) is 9.47 Å². The van der Waals surface area contributed by atoms with Crippen molar-refractivity contribution < 1.29 is 14.3 Å². The number of nitrogens with zero attached hydrogens (tertiary/aromatic N) is 4. The van der Waals surface area contributed by atoms with Gasteiger partial charge in [0, 0.05) is 37.0 Å². The lowest BCUT2D eigenvalue weighted by Crippen LogP contribution is -2.17. The van der Waals surface area contributed by atoms with Gasteiger partial charge in [-0.2, -0.15) is 0 Å². The molecule has 5 aromatic rings. The van der Waals surface area contributed by atoms with Crippen molar-refractivity contribution in [3.8, 4) is 11.5 Å². The van der Waals surface area contributed by atoms with Gasteiger partial charge >= 0.3 is 0 Å². The molecule has 0 saturated carbocycles. The maximum absolute atomic E-state index is 11.9. The molecule has 2 heterocycles. The molecule has 2 aromatic heterocycles. The van der Waals surface area contributed by atoms with Gasteiger partial charge < -0.3 is 24.7 Å². The molecule has 9 heteroatoms. The van der Waals surface area contributed by atoms with Gasteiger partial charge in [0.05, 0.1) is 22.9 Å². The van der Waals surface area contributed by atoms with Gasteiger partial charge in [0.25, 0.3) is 0 Å². The fraction of sp³-hybridized carbons (Fsp3) is 0.154. The number of nitrogens with one attached hydrogen (secondary N) is 2. The second-order valence-corrected chi connectivity index (χ2v) is 8.15. The Kier molecular flexibility index (Phi) is 5.99. The number of anilines is 3. The third-order valence-electron chi connectivity index (χ3n) is 5.56. The molecule has 176 valence electrons. The number of carbonyl (C=O) groups is 1. The lowest BCUT2D eigenvalue weighted by molar-refractivity contribution is -0.119. The summed E-state index contributed by atoms with van der Waals surface area (Å²) in [5.41, 5.74) is 5.14. The van der Waals surface area contributed by atoms with Crippen molar-refractivity contribution >= 4 is 45.0 Å². The molecule has 3 aromatic carbocycles.